The Morgan fingerprint density at radius 2 is 1.78 bits per heavy atom. The highest BCUT2D eigenvalue weighted by atomic mass is 79.9. The van der Waals surface area contributed by atoms with Crippen molar-refractivity contribution in [2.45, 2.75) is 13.5 Å². The van der Waals surface area contributed by atoms with Crippen LogP contribution >= 0.6 is 15.9 Å². The van der Waals surface area contributed by atoms with Crippen LogP contribution in [0.15, 0.2) is 94.5 Å². The van der Waals surface area contributed by atoms with Crippen LogP contribution in [0.5, 0.6) is 5.75 Å². The second kappa shape index (κ2) is 10.1. The first-order valence-corrected chi connectivity index (χ1v) is 10.9. The molecule has 0 saturated heterocycles. The predicted octanol–water partition coefficient (Wildman–Crippen LogP) is 6.65. The van der Waals surface area contributed by atoms with Crippen LogP contribution in [0.3, 0.4) is 0 Å². The quantitative estimate of drug-likeness (QED) is 0.236. The number of hydrazone groups is 1. The van der Waals surface area contributed by atoms with Crippen LogP contribution in [-0.2, 0) is 6.61 Å². The maximum Gasteiger partial charge on any atom is 0.339 e. The first kappa shape index (κ1) is 21.6. The third-order valence-corrected chi connectivity index (χ3v) is 5.86. The molecule has 0 radical (unpaired) electrons. The minimum Gasteiger partial charge on any atom is -0.488 e. The molecule has 0 saturated carbocycles. The summed E-state index contributed by atoms with van der Waals surface area (Å²) in [6.07, 6.45) is 1.57. The summed E-state index contributed by atoms with van der Waals surface area (Å²) in [5.74, 6) is 0.690. The Kier molecular flexibility index (Phi) is 6.82. The molecule has 4 rings (SSSR count). The number of benzene rings is 4. The zero-order valence-electron chi connectivity index (χ0n) is 17.5. The number of fused-ring (bicyclic) bond motifs is 1. The van der Waals surface area contributed by atoms with Gasteiger partial charge < -0.3 is 10.1 Å². The van der Waals surface area contributed by atoms with Gasteiger partial charge in [0, 0.05) is 15.7 Å². The van der Waals surface area contributed by atoms with Crippen molar-refractivity contribution in [3.8, 4) is 5.75 Å². The zero-order chi connectivity index (χ0) is 22.3. The maximum absolute atomic E-state index is 12.1. The number of carbonyl (C=O) groups excluding carboxylic acids is 1. The third-order valence-electron chi connectivity index (χ3n) is 4.97. The van der Waals surface area contributed by atoms with Crippen molar-refractivity contribution in [1.29, 1.82) is 0 Å². The highest BCUT2D eigenvalue weighted by molar-refractivity contribution is 9.10. The lowest BCUT2D eigenvalue weighted by Gasteiger charge is -2.11. The summed E-state index contributed by atoms with van der Waals surface area (Å²) in [5.41, 5.74) is 6.09. The van der Waals surface area contributed by atoms with Gasteiger partial charge in [-0.3, -0.25) is 0 Å². The summed E-state index contributed by atoms with van der Waals surface area (Å²) in [7, 11) is 0. The van der Waals surface area contributed by atoms with E-state index in [4.69, 9.17) is 4.74 Å². The fourth-order valence-corrected chi connectivity index (χ4v) is 3.58. The maximum atomic E-state index is 12.1. The zero-order valence-corrected chi connectivity index (χ0v) is 19.1. The van der Waals surface area contributed by atoms with Gasteiger partial charge in [-0.2, -0.15) is 5.10 Å². The molecule has 2 N–H and O–H groups in total. The van der Waals surface area contributed by atoms with Crippen molar-refractivity contribution >= 4 is 44.6 Å². The van der Waals surface area contributed by atoms with Gasteiger partial charge in [0.2, 0.25) is 0 Å². The predicted molar refractivity (Wildman–Crippen MR) is 133 cm³/mol. The molecular formula is C26H22BrN3O2. The molecule has 2 amide bonds. The summed E-state index contributed by atoms with van der Waals surface area (Å²) in [6.45, 7) is 2.39. The van der Waals surface area contributed by atoms with E-state index in [1.807, 2.05) is 67.6 Å². The molecule has 0 spiro atoms. The molecule has 0 aliphatic heterocycles. The van der Waals surface area contributed by atoms with E-state index in [0.29, 0.717) is 18.0 Å². The molecule has 0 atom stereocenters. The van der Waals surface area contributed by atoms with Gasteiger partial charge in [0.05, 0.1) is 6.21 Å². The monoisotopic (exact) mass is 487 g/mol. The number of para-hydroxylation sites is 1. The van der Waals surface area contributed by atoms with Gasteiger partial charge in [-0.15, -0.1) is 0 Å². The van der Waals surface area contributed by atoms with Gasteiger partial charge in [-0.1, -0.05) is 70.5 Å². The van der Waals surface area contributed by atoms with E-state index in [1.165, 1.54) is 10.8 Å². The summed E-state index contributed by atoms with van der Waals surface area (Å²) in [4.78, 5) is 12.1. The average Bonchev–Trinajstić information content (AvgIpc) is 2.81. The van der Waals surface area contributed by atoms with Crippen molar-refractivity contribution in [2.75, 3.05) is 5.32 Å². The molecule has 4 aromatic rings. The van der Waals surface area contributed by atoms with Crippen LogP contribution in [0.2, 0.25) is 0 Å². The highest BCUT2D eigenvalue weighted by Gasteiger charge is 2.05. The van der Waals surface area contributed by atoms with Crippen molar-refractivity contribution < 1.29 is 9.53 Å². The first-order chi connectivity index (χ1) is 15.6. The van der Waals surface area contributed by atoms with Gasteiger partial charge in [0.15, 0.2) is 0 Å². The van der Waals surface area contributed by atoms with E-state index in [2.05, 4.69) is 56.0 Å². The fraction of sp³-hybridized carbons (Fsp3) is 0.0769. The van der Waals surface area contributed by atoms with Gasteiger partial charge >= 0.3 is 6.03 Å². The summed E-state index contributed by atoms with van der Waals surface area (Å²) in [5, 5.41) is 9.17. The number of nitrogens with zero attached hydrogens (tertiary/aromatic N) is 1. The van der Waals surface area contributed by atoms with Crippen molar-refractivity contribution in [3.05, 3.63) is 106 Å². The second-order valence-electron chi connectivity index (χ2n) is 7.25. The Morgan fingerprint density at radius 1 is 1.00 bits per heavy atom. The molecule has 5 nitrogen and oxygen atoms in total. The largest absolute Gasteiger partial charge is 0.488 e. The minimum atomic E-state index is -0.419. The summed E-state index contributed by atoms with van der Waals surface area (Å²) >= 11 is 3.45. The number of anilines is 1. The number of rotatable bonds is 6. The molecule has 0 aliphatic carbocycles. The fourth-order valence-electron chi connectivity index (χ4n) is 3.33. The number of amides is 2. The van der Waals surface area contributed by atoms with Crippen molar-refractivity contribution in [2.24, 2.45) is 5.10 Å². The average molecular weight is 488 g/mol. The number of aryl methyl sites for hydroxylation is 1. The molecule has 0 aliphatic rings. The van der Waals surface area contributed by atoms with Gasteiger partial charge in [0.1, 0.15) is 12.4 Å². The SMILES string of the molecule is Cc1cc(NC(=O)N/N=C\c2ccccc2OCc2cccc3ccccc23)ccc1Br. The van der Waals surface area contributed by atoms with Gasteiger partial charge in [0.25, 0.3) is 0 Å². The molecule has 0 fully saturated rings. The summed E-state index contributed by atoms with van der Waals surface area (Å²) in [6, 6.07) is 27.2. The van der Waals surface area contributed by atoms with E-state index in [1.54, 1.807) is 6.21 Å². The number of halogens is 1. The molecule has 0 unspecified atom stereocenters. The molecule has 6 heteroatoms. The molecule has 32 heavy (non-hydrogen) atoms. The Morgan fingerprint density at radius 3 is 2.66 bits per heavy atom. The first-order valence-electron chi connectivity index (χ1n) is 10.1. The van der Waals surface area contributed by atoms with E-state index >= 15 is 0 Å². The molecule has 4 aromatic carbocycles. The van der Waals surface area contributed by atoms with Crippen LogP contribution in [0.25, 0.3) is 10.8 Å². The minimum absolute atomic E-state index is 0.419. The standard InChI is InChI=1S/C26H22BrN3O2/c1-18-15-22(13-14-24(18)27)29-26(31)30-28-16-20-8-3-5-12-25(20)32-17-21-10-6-9-19-7-2-4-11-23(19)21/h2-16H,17H2,1H3,(H2,29,30,31)/b28-16-. The number of hydrogen-bond acceptors (Lipinski definition) is 3. The lowest BCUT2D eigenvalue weighted by Crippen LogP contribution is -2.24. The number of urea groups is 1. The third kappa shape index (κ3) is 5.34. The lowest BCUT2D eigenvalue weighted by molar-refractivity contribution is 0.252. The smallest absolute Gasteiger partial charge is 0.339 e. The second-order valence-corrected chi connectivity index (χ2v) is 8.11. The van der Waals surface area contributed by atoms with Crippen LogP contribution < -0.4 is 15.5 Å². The van der Waals surface area contributed by atoms with E-state index in [-0.39, 0.29) is 0 Å². The van der Waals surface area contributed by atoms with Crippen LogP contribution in [0, 0.1) is 6.92 Å². The molecule has 0 aromatic heterocycles. The van der Waals surface area contributed by atoms with Crippen LogP contribution in [0.4, 0.5) is 10.5 Å². The van der Waals surface area contributed by atoms with E-state index in [9.17, 15) is 4.79 Å². The molecular weight excluding hydrogens is 466 g/mol. The van der Waals surface area contributed by atoms with Crippen LogP contribution in [0.1, 0.15) is 16.7 Å². The number of ether oxygens (including phenoxy) is 1. The van der Waals surface area contributed by atoms with Crippen LogP contribution in [-0.4, -0.2) is 12.2 Å². The molecule has 0 bridgehead atoms. The number of hydrogen-bond donors (Lipinski definition) is 2. The molecule has 160 valence electrons. The Labute approximate surface area is 195 Å². The lowest BCUT2D eigenvalue weighted by atomic mass is 10.1. The molecule has 0 heterocycles. The number of nitrogens with one attached hydrogen (secondary N) is 2. The topological polar surface area (TPSA) is 62.7 Å². The van der Waals surface area contributed by atoms with E-state index < -0.39 is 6.03 Å². The Bertz CT molecular complexity index is 1280. The van der Waals surface area contributed by atoms with Gasteiger partial charge in [-0.25, -0.2) is 10.2 Å². The van der Waals surface area contributed by atoms with Crippen molar-refractivity contribution in [1.82, 2.24) is 5.43 Å². The van der Waals surface area contributed by atoms with E-state index in [0.717, 1.165) is 21.2 Å². The highest BCUT2D eigenvalue weighted by Crippen LogP contribution is 2.22. The number of carbonyl (C=O) groups is 1. The summed E-state index contributed by atoms with van der Waals surface area (Å²) < 4.78 is 7.07. The normalized spacial score (nSPS) is 10.9. The van der Waals surface area contributed by atoms with Gasteiger partial charge in [-0.05, 0) is 59.2 Å². The van der Waals surface area contributed by atoms with Crippen molar-refractivity contribution in [3.63, 3.8) is 0 Å². The Balaban J connectivity index is 1.40. The Hall–Kier alpha value is -3.64.